The second-order valence-corrected chi connectivity index (χ2v) is 7.47. The molecule has 2 aromatic rings. The third-order valence-corrected chi connectivity index (χ3v) is 5.40. The van der Waals surface area contributed by atoms with Crippen LogP contribution < -0.4 is 0 Å². The fraction of sp³-hybridized carbons (Fsp3) is 0.250. The van der Waals surface area contributed by atoms with Gasteiger partial charge in [-0.2, -0.15) is 0 Å². The predicted molar refractivity (Wildman–Crippen MR) is 110 cm³/mol. The molecule has 28 heavy (non-hydrogen) atoms. The van der Waals surface area contributed by atoms with E-state index in [1.165, 1.54) is 0 Å². The zero-order chi connectivity index (χ0) is 20.0. The van der Waals surface area contributed by atoms with Crippen LogP contribution in [0.15, 0.2) is 47.6 Å². The average molecular weight is 376 g/mol. The predicted octanol–water partition coefficient (Wildman–Crippen LogP) is 4.80. The lowest BCUT2D eigenvalue weighted by Crippen LogP contribution is -2.11. The summed E-state index contributed by atoms with van der Waals surface area (Å²) < 4.78 is 11.2. The fourth-order valence-corrected chi connectivity index (χ4v) is 4.24. The third kappa shape index (κ3) is 2.95. The van der Waals surface area contributed by atoms with Gasteiger partial charge < -0.3 is 19.7 Å². The van der Waals surface area contributed by atoms with Gasteiger partial charge in [0.15, 0.2) is 0 Å². The molecule has 0 spiro atoms. The number of aryl methyl sites for hydroxylation is 2. The van der Waals surface area contributed by atoms with Gasteiger partial charge in [-0.3, -0.25) is 0 Å². The summed E-state index contributed by atoms with van der Waals surface area (Å²) in [4.78, 5) is 0. The fourth-order valence-electron chi connectivity index (χ4n) is 4.24. The van der Waals surface area contributed by atoms with Crippen molar-refractivity contribution in [3.8, 4) is 11.5 Å². The highest BCUT2D eigenvalue weighted by molar-refractivity contribution is 5.78. The molecule has 144 valence electrons. The molecule has 0 unspecified atom stereocenters. The van der Waals surface area contributed by atoms with Gasteiger partial charge in [0, 0.05) is 0 Å². The summed E-state index contributed by atoms with van der Waals surface area (Å²) in [5.74, 6) is 1.81. The second-order valence-electron chi connectivity index (χ2n) is 7.47. The summed E-state index contributed by atoms with van der Waals surface area (Å²) in [7, 11) is 3.24. The lowest BCUT2D eigenvalue weighted by Gasteiger charge is -2.25. The molecule has 0 fully saturated rings. The van der Waals surface area contributed by atoms with Crippen LogP contribution >= 0.6 is 0 Å². The highest BCUT2D eigenvalue weighted by atomic mass is 16.5. The van der Waals surface area contributed by atoms with Gasteiger partial charge in [0.2, 0.25) is 0 Å². The standard InChI is InChI=1S/C24H24O4/c1-13-5-17-9-15(11-21(27-3)23(17)19(25)7-13)16-10-18-6-14(2)8-20(26)24(18)22(12-16)28-4/h5-8,11-12,25-26H,9-10H2,1-4H3/b16-15+. The first kappa shape index (κ1) is 18.2. The minimum absolute atomic E-state index is 0.245. The molecule has 0 radical (unpaired) electrons. The summed E-state index contributed by atoms with van der Waals surface area (Å²) in [5.41, 5.74) is 7.89. The SMILES string of the molecule is COC1=C/C(=C2/C=C(OC)c3c(O)cc(C)cc3C2)Cc2cc(C)cc(O)c21. The van der Waals surface area contributed by atoms with Crippen LogP contribution in [0.2, 0.25) is 0 Å². The summed E-state index contributed by atoms with van der Waals surface area (Å²) in [6, 6.07) is 7.70. The van der Waals surface area contributed by atoms with E-state index < -0.39 is 0 Å². The Kier molecular flexibility index (Phi) is 4.42. The minimum Gasteiger partial charge on any atom is -0.507 e. The monoisotopic (exact) mass is 376 g/mol. The lowest BCUT2D eigenvalue weighted by molar-refractivity contribution is 0.362. The highest BCUT2D eigenvalue weighted by Crippen LogP contribution is 2.41. The van der Waals surface area contributed by atoms with Gasteiger partial charge in [-0.25, -0.2) is 0 Å². The second kappa shape index (κ2) is 6.79. The Morgan fingerprint density at radius 2 is 1.07 bits per heavy atom. The molecule has 0 atom stereocenters. The van der Waals surface area contributed by atoms with E-state index in [2.05, 4.69) is 12.1 Å². The van der Waals surface area contributed by atoms with Gasteiger partial charge in [0.1, 0.15) is 23.0 Å². The van der Waals surface area contributed by atoms with Crippen LogP contribution in [0.5, 0.6) is 11.5 Å². The summed E-state index contributed by atoms with van der Waals surface area (Å²) in [6.07, 6.45) is 5.40. The van der Waals surface area contributed by atoms with E-state index in [0.717, 1.165) is 44.5 Å². The molecule has 2 aromatic carbocycles. The number of ether oxygens (including phenoxy) is 2. The molecule has 0 amide bonds. The van der Waals surface area contributed by atoms with E-state index in [-0.39, 0.29) is 11.5 Å². The minimum atomic E-state index is 0.245. The molecule has 4 nitrogen and oxygen atoms in total. The Hall–Kier alpha value is -3.14. The molecule has 0 heterocycles. The number of methoxy groups -OCH3 is 2. The van der Waals surface area contributed by atoms with Crippen molar-refractivity contribution in [3.05, 3.63) is 80.9 Å². The van der Waals surface area contributed by atoms with E-state index in [0.29, 0.717) is 24.4 Å². The normalized spacial score (nSPS) is 18.0. The molecule has 2 aliphatic carbocycles. The maximum absolute atomic E-state index is 10.4. The van der Waals surface area contributed by atoms with Crippen LogP contribution in [0.4, 0.5) is 0 Å². The van der Waals surface area contributed by atoms with E-state index in [1.54, 1.807) is 26.4 Å². The van der Waals surface area contributed by atoms with Gasteiger partial charge >= 0.3 is 0 Å². The van der Waals surface area contributed by atoms with Gasteiger partial charge in [-0.05, 0) is 84.4 Å². The smallest absolute Gasteiger partial charge is 0.130 e. The van der Waals surface area contributed by atoms with Gasteiger partial charge in [-0.15, -0.1) is 0 Å². The number of fused-ring (bicyclic) bond motifs is 2. The molecule has 0 aromatic heterocycles. The molecule has 0 aliphatic heterocycles. The summed E-state index contributed by atoms with van der Waals surface area (Å²) in [5, 5.41) is 20.8. The van der Waals surface area contributed by atoms with Gasteiger partial charge in [-0.1, -0.05) is 12.1 Å². The maximum atomic E-state index is 10.4. The van der Waals surface area contributed by atoms with E-state index in [1.807, 2.05) is 26.0 Å². The number of phenolic OH excluding ortho intramolecular Hbond substituents is 2. The molecule has 2 N–H and O–H groups in total. The average Bonchev–Trinajstić information content (AvgIpc) is 2.65. The number of phenols is 2. The van der Waals surface area contributed by atoms with Gasteiger partial charge in [0.05, 0.1) is 25.3 Å². The Labute approximate surface area is 165 Å². The Balaban J connectivity index is 1.89. The van der Waals surface area contributed by atoms with Crippen molar-refractivity contribution in [2.45, 2.75) is 26.7 Å². The Morgan fingerprint density at radius 1 is 0.679 bits per heavy atom. The lowest BCUT2D eigenvalue weighted by atomic mass is 9.83. The number of aromatic hydroxyl groups is 2. The first-order valence-corrected chi connectivity index (χ1v) is 9.30. The van der Waals surface area contributed by atoms with E-state index >= 15 is 0 Å². The molecule has 4 heteroatoms. The van der Waals surface area contributed by atoms with E-state index in [9.17, 15) is 10.2 Å². The van der Waals surface area contributed by atoms with Crippen LogP contribution in [0, 0.1) is 13.8 Å². The Bertz CT molecular complexity index is 985. The number of benzene rings is 2. The van der Waals surface area contributed by atoms with Crippen LogP contribution in [0.25, 0.3) is 11.5 Å². The van der Waals surface area contributed by atoms with Crippen molar-refractivity contribution >= 4 is 11.5 Å². The number of rotatable bonds is 2. The van der Waals surface area contributed by atoms with Gasteiger partial charge in [0.25, 0.3) is 0 Å². The van der Waals surface area contributed by atoms with Crippen molar-refractivity contribution in [2.24, 2.45) is 0 Å². The van der Waals surface area contributed by atoms with Crippen molar-refractivity contribution < 1.29 is 19.7 Å². The zero-order valence-corrected chi connectivity index (χ0v) is 16.6. The summed E-state index contributed by atoms with van der Waals surface area (Å²) in [6.45, 7) is 3.95. The molecular weight excluding hydrogens is 352 g/mol. The maximum Gasteiger partial charge on any atom is 0.130 e. The first-order valence-electron chi connectivity index (χ1n) is 9.30. The van der Waals surface area contributed by atoms with Crippen LogP contribution in [-0.4, -0.2) is 24.4 Å². The first-order chi connectivity index (χ1) is 13.4. The number of hydrogen-bond donors (Lipinski definition) is 2. The third-order valence-electron chi connectivity index (χ3n) is 5.40. The Morgan fingerprint density at radius 3 is 1.43 bits per heavy atom. The van der Waals surface area contributed by atoms with Crippen molar-refractivity contribution in [1.82, 2.24) is 0 Å². The molecule has 0 bridgehead atoms. The molecule has 0 saturated heterocycles. The zero-order valence-electron chi connectivity index (χ0n) is 16.6. The molecule has 2 aliphatic rings. The van der Waals surface area contributed by atoms with E-state index in [4.69, 9.17) is 9.47 Å². The highest BCUT2D eigenvalue weighted by Gasteiger charge is 2.25. The van der Waals surface area contributed by atoms with Crippen molar-refractivity contribution in [1.29, 1.82) is 0 Å². The summed E-state index contributed by atoms with van der Waals surface area (Å²) >= 11 is 0. The van der Waals surface area contributed by atoms with Crippen molar-refractivity contribution in [3.63, 3.8) is 0 Å². The number of hydrogen-bond acceptors (Lipinski definition) is 4. The largest absolute Gasteiger partial charge is 0.507 e. The molecule has 0 saturated carbocycles. The van der Waals surface area contributed by atoms with Crippen LogP contribution in [0.3, 0.4) is 0 Å². The molecular formula is C24H24O4. The van der Waals surface area contributed by atoms with Crippen molar-refractivity contribution in [2.75, 3.05) is 14.2 Å². The molecule has 4 rings (SSSR count). The van der Waals surface area contributed by atoms with Crippen LogP contribution in [0.1, 0.15) is 33.4 Å². The number of allylic oxidation sites excluding steroid dienone is 4. The topological polar surface area (TPSA) is 58.9 Å². The van der Waals surface area contributed by atoms with Crippen LogP contribution in [-0.2, 0) is 22.3 Å². The quantitative estimate of drug-likeness (QED) is 0.791.